The fourth-order valence-electron chi connectivity index (χ4n) is 2.14. The van der Waals surface area contributed by atoms with Crippen LogP contribution >= 0.6 is 0 Å². The zero-order valence-corrected chi connectivity index (χ0v) is 9.28. The molecule has 0 amide bonds. The fourth-order valence-corrected chi connectivity index (χ4v) is 2.14. The average molecular weight is 202 g/mol. The lowest BCUT2D eigenvalue weighted by molar-refractivity contribution is -0.108. The van der Waals surface area contributed by atoms with E-state index in [1.807, 2.05) is 0 Å². The van der Waals surface area contributed by atoms with Crippen molar-refractivity contribution >= 4 is 6.29 Å². The molecule has 1 fully saturated rings. The molecule has 1 nitrogen and oxygen atoms in total. The lowest BCUT2D eigenvalue weighted by Gasteiger charge is -2.12. The minimum absolute atomic E-state index is 0.474. The smallest absolute Gasteiger partial charge is 0.120 e. The van der Waals surface area contributed by atoms with Gasteiger partial charge in [0.1, 0.15) is 6.29 Å². The molecule has 0 heterocycles. The van der Waals surface area contributed by atoms with Crippen LogP contribution in [0.4, 0.5) is 0 Å². The van der Waals surface area contributed by atoms with E-state index in [1.165, 1.54) is 24.0 Å². The first-order valence-electron chi connectivity index (χ1n) is 5.82. The van der Waals surface area contributed by atoms with Crippen LogP contribution in [0.2, 0.25) is 0 Å². The summed E-state index contributed by atoms with van der Waals surface area (Å²) in [7, 11) is 0. The van der Waals surface area contributed by atoms with Gasteiger partial charge in [-0.3, -0.25) is 0 Å². The molecule has 15 heavy (non-hydrogen) atoms. The van der Waals surface area contributed by atoms with E-state index < -0.39 is 0 Å². The van der Waals surface area contributed by atoms with Gasteiger partial charge < -0.3 is 4.79 Å². The third kappa shape index (κ3) is 2.68. The van der Waals surface area contributed by atoms with Gasteiger partial charge in [-0.1, -0.05) is 31.2 Å². The van der Waals surface area contributed by atoms with Crippen molar-refractivity contribution in [1.82, 2.24) is 0 Å². The van der Waals surface area contributed by atoms with E-state index in [2.05, 4.69) is 31.2 Å². The number of carbonyl (C=O) groups is 1. The predicted octanol–water partition coefficient (Wildman–Crippen LogP) is 3.33. The lowest BCUT2D eigenvalue weighted by atomic mass is 9.93. The van der Waals surface area contributed by atoms with Gasteiger partial charge in [0.15, 0.2) is 0 Å². The molecule has 0 radical (unpaired) electrons. The van der Waals surface area contributed by atoms with Gasteiger partial charge in [-0.2, -0.15) is 0 Å². The van der Waals surface area contributed by atoms with Crippen molar-refractivity contribution in [2.24, 2.45) is 5.92 Å². The second-order valence-electron chi connectivity index (χ2n) is 4.68. The number of rotatable bonds is 5. The van der Waals surface area contributed by atoms with Gasteiger partial charge >= 0.3 is 0 Å². The lowest BCUT2D eigenvalue weighted by Crippen LogP contribution is -2.02. The van der Waals surface area contributed by atoms with Gasteiger partial charge in [-0.25, -0.2) is 0 Å². The molecule has 0 N–H and O–H groups in total. The van der Waals surface area contributed by atoms with Crippen LogP contribution in [0, 0.1) is 5.92 Å². The summed E-state index contributed by atoms with van der Waals surface area (Å²) in [4.78, 5) is 10.4. The monoisotopic (exact) mass is 202 g/mol. The molecule has 1 heteroatoms. The quantitative estimate of drug-likeness (QED) is 0.669. The SMILES string of the molecule is CC(CC=O)Cc1ccccc1C1CC1. The van der Waals surface area contributed by atoms with E-state index in [0.717, 1.165) is 18.6 Å². The summed E-state index contributed by atoms with van der Waals surface area (Å²) in [5.74, 6) is 1.28. The highest BCUT2D eigenvalue weighted by Gasteiger charge is 2.25. The van der Waals surface area contributed by atoms with Crippen LogP contribution in [0.3, 0.4) is 0 Å². The largest absolute Gasteiger partial charge is 0.303 e. The zero-order valence-electron chi connectivity index (χ0n) is 9.28. The van der Waals surface area contributed by atoms with Gasteiger partial charge in [-0.05, 0) is 42.2 Å². The standard InChI is InChI=1S/C14H18O/c1-11(8-9-15)10-13-4-2-3-5-14(13)12-6-7-12/h2-5,9,11-12H,6-8,10H2,1H3. The van der Waals surface area contributed by atoms with E-state index in [4.69, 9.17) is 0 Å². The summed E-state index contributed by atoms with van der Waals surface area (Å²) >= 11 is 0. The highest BCUT2D eigenvalue weighted by molar-refractivity contribution is 5.49. The summed E-state index contributed by atoms with van der Waals surface area (Å²) in [6.45, 7) is 2.15. The molecule has 1 aromatic carbocycles. The van der Waals surface area contributed by atoms with Crippen molar-refractivity contribution < 1.29 is 4.79 Å². The van der Waals surface area contributed by atoms with Gasteiger partial charge in [0, 0.05) is 6.42 Å². The summed E-state index contributed by atoms with van der Waals surface area (Å²) < 4.78 is 0. The normalized spacial score (nSPS) is 17.4. The van der Waals surface area contributed by atoms with Gasteiger partial charge in [0.25, 0.3) is 0 Å². The Balaban J connectivity index is 2.09. The first kappa shape index (κ1) is 10.4. The number of carbonyl (C=O) groups excluding carboxylic acids is 1. The molecule has 0 aromatic heterocycles. The van der Waals surface area contributed by atoms with Crippen LogP contribution < -0.4 is 0 Å². The Morgan fingerprint density at radius 2 is 2.13 bits per heavy atom. The topological polar surface area (TPSA) is 17.1 Å². The molecular formula is C14H18O. The number of hydrogen-bond donors (Lipinski definition) is 0. The highest BCUT2D eigenvalue weighted by Crippen LogP contribution is 2.42. The number of aldehydes is 1. The van der Waals surface area contributed by atoms with Crippen LogP contribution in [0.1, 0.15) is 43.2 Å². The average Bonchev–Trinajstić information content (AvgIpc) is 3.02. The molecule has 0 spiro atoms. The molecule has 1 saturated carbocycles. The Morgan fingerprint density at radius 3 is 2.80 bits per heavy atom. The van der Waals surface area contributed by atoms with E-state index in [9.17, 15) is 4.79 Å². The maximum Gasteiger partial charge on any atom is 0.120 e. The fraction of sp³-hybridized carbons (Fsp3) is 0.500. The molecule has 1 aromatic rings. The minimum atomic E-state index is 0.474. The van der Waals surface area contributed by atoms with Crippen LogP contribution in [0.15, 0.2) is 24.3 Å². The number of benzene rings is 1. The van der Waals surface area contributed by atoms with Crippen molar-refractivity contribution in [3.63, 3.8) is 0 Å². The zero-order chi connectivity index (χ0) is 10.7. The maximum atomic E-state index is 10.4. The Kier molecular flexibility index (Phi) is 3.20. The van der Waals surface area contributed by atoms with Crippen LogP contribution in [-0.2, 0) is 11.2 Å². The molecule has 0 bridgehead atoms. The molecule has 0 aliphatic heterocycles. The molecular weight excluding hydrogens is 184 g/mol. The van der Waals surface area contributed by atoms with E-state index >= 15 is 0 Å². The van der Waals surface area contributed by atoms with E-state index in [0.29, 0.717) is 12.3 Å². The molecule has 0 saturated heterocycles. The van der Waals surface area contributed by atoms with Crippen LogP contribution in [0.25, 0.3) is 0 Å². The van der Waals surface area contributed by atoms with Crippen molar-refractivity contribution in [3.8, 4) is 0 Å². The Morgan fingerprint density at radius 1 is 1.40 bits per heavy atom. The molecule has 1 atom stereocenters. The van der Waals surface area contributed by atoms with Gasteiger partial charge in [0.05, 0.1) is 0 Å². The molecule has 2 rings (SSSR count). The first-order chi connectivity index (χ1) is 7.31. The molecule has 80 valence electrons. The summed E-state index contributed by atoms with van der Waals surface area (Å²) in [6, 6.07) is 8.70. The molecule has 1 aliphatic rings. The van der Waals surface area contributed by atoms with Crippen LogP contribution in [0.5, 0.6) is 0 Å². The number of hydrogen-bond acceptors (Lipinski definition) is 1. The van der Waals surface area contributed by atoms with Gasteiger partial charge in [-0.15, -0.1) is 0 Å². The first-order valence-corrected chi connectivity index (χ1v) is 5.82. The maximum absolute atomic E-state index is 10.4. The predicted molar refractivity (Wildman–Crippen MR) is 62.0 cm³/mol. The Labute approximate surface area is 91.5 Å². The van der Waals surface area contributed by atoms with Crippen molar-refractivity contribution in [2.75, 3.05) is 0 Å². The van der Waals surface area contributed by atoms with Crippen molar-refractivity contribution in [3.05, 3.63) is 35.4 Å². The minimum Gasteiger partial charge on any atom is -0.303 e. The summed E-state index contributed by atoms with van der Waals surface area (Å²) in [6.07, 6.45) is 5.45. The van der Waals surface area contributed by atoms with Crippen molar-refractivity contribution in [1.29, 1.82) is 0 Å². The summed E-state index contributed by atoms with van der Waals surface area (Å²) in [5.41, 5.74) is 2.98. The second kappa shape index (κ2) is 4.61. The second-order valence-corrected chi connectivity index (χ2v) is 4.68. The highest BCUT2D eigenvalue weighted by atomic mass is 16.1. The Bertz CT molecular complexity index is 339. The molecule has 1 unspecified atom stereocenters. The Hall–Kier alpha value is -1.11. The van der Waals surface area contributed by atoms with Gasteiger partial charge in [0.2, 0.25) is 0 Å². The van der Waals surface area contributed by atoms with E-state index in [-0.39, 0.29) is 0 Å². The third-order valence-electron chi connectivity index (χ3n) is 3.14. The third-order valence-corrected chi connectivity index (χ3v) is 3.14. The van der Waals surface area contributed by atoms with E-state index in [1.54, 1.807) is 0 Å². The van der Waals surface area contributed by atoms with Crippen molar-refractivity contribution in [2.45, 2.75) is 38.5 Å². The van der Waals surface area contributed by atoms with Crippen LogP contribution in [-0.4, -0.2) is 6.29 Å². The molecule has 1 aliphatic carbocycles. The summed E-state index contributed by atoms with van der Waals surface area (Å²) in [5, 5.41) is 0.